The molecule has 2 unspecified atom stereocenters. The van der Waals surface area contributed by atoms with Gasteiger partial charge in [0.15, 0.2) is 47.3 Å². The number of aryl methyl sites for hydroxylation is 1. The van der Waals surface area contributed by atoms with Gasteiger partial charge in [0.2, 0.25) is 0 Å². The lowest BCUT2D eigenvalue weighted by Gasteiger charge is -2.62. The zero-order valence-corrected chi connectivity index (χ0v) is 39.2. The Labute approximate surface area is 391 Å². The van der Waals surface area contributed by atoms with E-state index in [4.69, 9.17) is 18.7 Å². The molecule has 14 nitrogen and oxygen atoms in total. The topological polar surface area (TPSA) is 208 Å². The van der Waals surface area contributed by atoms with Crippen LogP contribution in [0.1, 0.15) is 107 Å². The predicted molar refractivity (Wildman–Crippen MR) is 242 cm³/mol. The molecular formula is C51H64FN2O12P. The molecule has 362 valence electrons. The highest BCUT2D eigenvalue weighted by Crippen LogP contribution is 2.72. The predicted octanol–water partition coefficient (Wildman–Crippen LogP) is 5.72. The number of nitrogens with one attached hydrogen (secondary N) is 1. The SMILES string of the molecule is C[C@]12C=CC(=O)C=C1CC[C@H]1[C@@H]3C[C@H]4O[C@@H](c5ccc[n+](-c6cc(C(O)CNCCCCCCOCCCCc7ccccc7)ccc6OP(=O)([O-])O)c5)O[C@@]4(C(=O)CO)[C@@]3(C)C[C@H](O)[C@@]12F. The van der Waals surface area contributed by atoms with E-state index < -0.39 is 78.8 Å². The Bertz CT molecular complexity index is 2380. The molecule has 11 atom stereocenters. The van der Waals surface area contributed by atoms with Gasteiger partial charge in [0.25, 0.3) is 5.69 Å². The largest absolute Gasteiger partial charge is 0.746 e. The number of ketones is 2. The van der Waals surface area contributed by atoms with Crippen LogP contribution in [0.2, 0.25) is 0 Å². The number of hydrogen-bond donors (Lipinski definition) is 5. The maximum Gasteiger partial charge on any atom is 0.317 e. The van der Waals surface area contributed by atoms with Crippen LogP contribution in [0, 0.1) is 22.7 Å². The number of nitrogens with zero attached hydrogens (tertiary/aromatic N) is 1. The molecule has 5 N–H and O–H groups in total. The number of carbonyl (C=O) groups is 2. The summed E-state index contributed by atoms with van der Waals surface area (Å²) in [5.41, 5.74) is -3.34. The second-order valence-corrected chi connectivity index (χ2v) is 20.5. The number of benzene rings is 2. The number of Topliss-reactive ketones (excluding diaryl/α,β-unsaturated/α-hetero) is 1. The molecule has 1 aromatic heterocycles. The molecule has 4 aliphatic carbocycles. The van der Waals surface area contributed by atoms with E-state index >= 15 is 4.39 Å². The number of allylic oxidation sites excluding steroid dienone is 4. The number of pyridine rings is 1. The third-order valence-corrected chi connectivity index (χ3v) is 15.9. The Morgan fingerprint density at radius 3 is 2.57 bits per heavy atom. The number of aliphatic hydroxyl groups excluding tert-OH is 3. The number of halogens is 1. The highest BCUT2D eigenvalue weighted by Gasteiger charge is 2.79. The first-order chi connectivity index (χ1) is 32.0. The molecule has 0 radical (unpaired) electrons. The Hall–Kier alpha value is -3.99. The fourth-order valence-electron chi connectivity index (χ4n) is 12.1. The summed E-state index contributed by atoms with van der Waals surface area (Å²) in [5.74, 6) is -2.31. The molecule has 3 aromatic rings. The minimum Gasteiger partial charge on any atom is -0.746 e. The van der Waals surface area contributed by atoms with E-state index in [-0.39, 0.29) is 36.6 Å². The third-order valence-electron chi connectivity index (χ3n) is 15.5. The maximum atomic E-state index is 17.9. The van der Waals surface area contributed by atoms with Crippen molar-refractivity contribution in [2.75, 3.05) is 32.9 Å². The van der Waals surface area contributed by atoms with Gasteiger partial charge in [0.05, 0.1) is 23.9 Å². The summed E-state index contributed by atoms with van der Waals surface area (Å²) in [6, 6.07) is 18.2. The van der Waals surface area contributed by atoms with Crippen molar-refractivity contribution < 1.29 is 67.0 Å². The number of phosphoric acid groups is 1. The highest BCUT2D eigenvalue weighted by atomic mass is 31.2. The summed E-state index contributed by atoms with van der Waals surface area (Å²) in [6.07, 6.45) is 10.9. The van der Waals surface area contributed by atoms with Crippen LogP contribution in [0.25, 0.3) is 5.69 Å². The number of aromatic nitrogens is 1. The first kappa shape index (κ1) is 49.4. The molecule has 0 spiro atoms. The molecule has 5 aliphatic rings. The molecule has 67 heavy (non-hydrogen) atoms. The molecule has 0 amide bonds. The standard InChI is InChI=1S/C51H64FN2O12P/c1-48-22-21-38(56)28-37(48)18-19-39-40-29-46-51(45(59)33-55,49(40,2)30-44(58)50(39,48)52)65-47(64-46)36-16-12-24-54(32-36)41-27-35(17-20-43(41)66-67(60,61)62)42(57)31-53-23-9-3-4-10-25-63-26-11-8-15-34-13-6-5-7-14-34/h5-7,12-14,16-17,20-22,24,27-28,32,39-40,42,44,46-47,53,55,57-58H,3-4,8-11,15,18-19,23,25-26,29-31,33H2,1-2H3,(H-,60,61,62)/t39-,40-,42?,44-,46+,47+,48-,49-,50-,51+/m0/s1. The lowest BCUT2D eigenvalue weighted by atomic mass is 9.44. The maximum absolute atomic E-state index is 17.9. The van der Waals surface area contributed by atoms with Crippen molar-refractivity contribution in [2.45, 2.75) is 120 Å². The summed E-state index contributed by atoms with van der Waals surface area (Å²) in [5, 5.41) is 36.9. The van der Waals surface area contributed by atoms with Gasteiger partial charge in [-0.25, -0.2) is 4.39 Å². The van der Waals surface area contributed by atoms with Gasteiger partial charge in [0, 0.05) is 48.6 Å². The number of unbranched alkanes of at least 4 members (excludes halogenated alkanes) is 4. The van der Waals surface area contributed by atoms with Gasteiger partial charge in [0.1, 0.15) is 6.61 Å². The Kier molecular flexibility index (Phi) is 14.9. The number of rotatable bonds is 21. The summed E-state index contributed by atoms with van der Waals surface area (Å²) in [7, 11) is -5.28. The number of carbonyl (C=O) groups excluding carboxylic acids is 2. The highest BCUT2D eigenvalue weighted by molar-refractivity contribution is 7.45. The Balaban J connectivity index is 0.909. The second-order valence-electron chi connectivity index (χ2n) is 19.4. The molecule has 3 saturated carbocycles. The zero-order chi connectivity index (χ0) is 47.6. The average Bonchev–Trinajstić information content (AvgIpc) is 3.81. The molecule has 1 aliphatic heterocycles. The smallest absolute Gasteiger partial charge is 0.317 e. The summed E-state index contributed by atoms with van der Waals surface area (Å²) < 4.78 is 55.5. The van der Waals surface area contributed by atoms with Gasteiger partial charge in [-0.1, -0.05) is 67.8 Å². The van der Waals surface area contributed by atoms with Crippen LogP contribution in [0.5, 0.6) is 5.75 Å². The van der Waals surface area contributed by atoms with E-state index in [2.05, 4.69) is 29.6 Å². The van der Waals surface area contributed by atoms with Gasteiger partial charge >= 0.3 is 7.82 Å². The summed E-state index contributed by atoms with van der Waals surface area (Å²) in [6.45, 7) is 5.04. The fraction of sp³-hybridized carbons (Fsp3) is 0.549. The average molecular weight is 947 g/mol. The van der Waals surface area contributed by atoms with Gasteiger partial charge in [-0.05, 0) is 113 Å². The first-order valence-corrected chi connectivity index (χ1v) is 25.2. The van der Waals surface area contributed by atoms with E-state index in [1.54, 1.807) is 50.5 Å². The quantitative estimate of drug-likeness (QED) is 0.0493. The molecule has 4 fully saturated rings. The summed E-state index contributed by atoms with van der Waals surface area (Å²) >= 11 is 0. The summed E-state index contributed by atoms with van der Waals surface area (Å²) in [4.78, 5) is 48.1. The Morgan fingerprint density at radius 2 is 1.81 bits per heavy atom. The van der Waals surface area contributed by atoms with Crippen LogP contribution in [0.3, 0.4) is 0 Å². The van der Waals surface area contributed by atoms with E-state index in [9.17, 15) is 39.3 Å². The molecule has 2 aromatic carbocycles. The van der Waals surface area contributed by atoms with E-state index in [1.165, 1.54) is 34.4 Å². The van der Waals surface area contributed by atoms with Crippen LogP contribution >= 0.6 is 7.82 Å². The molecule has 1 saturated heterocycles. The minimum absolute atomic E-state index is 0.153. The van der Waals surface area contributed by atoms with Crippen molar-refractivity contribution in [1.29, 1.82) is 0 Å². The third kappa shape index (κ3) is 9.54. The lowest BCUT2D eigenvalue weighted by molar-refractivity contribution is -0.597. The van der Waals surface area contributed by atoms with Crippen molar-refractivity contribution in [3.05, 3.63) is 114 Å². The number of fused-ring (bicyclic) bond motifs is 7. The van der Waals surface area contributed by atoms with Crippen LogP contribution < -0.4 is 19.3 Å². The Morgan fingerprint density at radius 1 is 1.04 bits per heavy atom. The minimum atomic E-state index is -5.28. The van der Waals surface area contributed by atoms with E-state index in [1.807, 2.05) is 6.07 Å². The van der Waals surface area contributed by atoms with E-state index in [0.717, 1.165) is 58.2 Å². The molecule has 0 bridgehead atoms. The number of aliphatic hydroxyl groups is 3. The lowest BCUT2D eigenvalue weighted by Crippen LogP contribution is -2.69. The monoisotopic (exact) mass is 946 g/mol. The first-order valence-electron chi connectivity index (χ1n) is 23.7. The van der Waals surface area contributed by atoms with Crippen molar-refractivity contribution in [3.63, 3.8) is 0 Å². The van der Waals surface area contributed by atoms with Gasteiger partial charge in [-0.3, -0.25) is 14.2 Å². The van der Waals surface area contributed by atoms with Crippen LogP contribution in [0.15, 0.2) is 96.9 Å². The number of phosphoric ester groups is 1. The molecule has 2 heterocycles. The van der Waals surface area contributed by atoms with E-state index in [0.29, 0.717) is 36.1 Å². The number of alkyl halides is 1. The van der Waals surface area contributed by atoms with Crippen LogP contribution in [-0.4, -0.2) is 88.2 Å². The molecular weight excluding hydrogens is 883 g/mol. The van der Waals surface area contributed by atoms with Crippen molar-refractivity contribution in [2.24, 2.45) is 22.7 Å². The molecule has 8 rings (SSSR count). The number of ether oxygens (including phenoxy) is 3. The molecule has 16 heteroatoms. The van der Waals surface area contributed by atoms with Gasteiger partial charge in [-0.2, -0.15) is 4.57 Å². The van der Waals surface area contributed by atoms with Gasteiger partial charge in [-0.15, -0.1) is 0 Å². The van der Waals surface area contributed by atoms with Crippen molar-refractivity contribution >= 4 is 19.4 Å². The second kappa shape index (κ2) is 20.2. The van der Waals surface area contributed by atoms with Crippen LogP contribution in [0.4, 0.5) is 4.39 Å². The normalized spacial score (nSPS) is 32.1. The fourth-order valence-corrected chi connectivity index (χ4v) is 12.5. The number of hydrogen-bond acceptors (Lipinski definition) is 12. The van der Waals surface area contributed by atoms with Gasteiger partial charge < -0.3 is 49.2 Å². The van der Waals surface area contributed by atoms with Crippen molar-refractivity contribution in [1.82, 2.24) is 5.32 Å². The van der Waals surface area contributed by atoms with Crippen molar-refractivity contribution in [3.8, 4) is 11.4 Å². The zero-order valence-electron chi connectivity index (χ0n) is 38.3. The van der Waals surface area contributed by atoms with Crippen LogP contribution in [-0.2, 0) is 34.8 Å².